The standard InChI is InChI=1S/C29H40N4O2/c1-6-28(31-21(4)30-5)32-26-18-22(24-14-10-11-15-25(24)29(34)35)16-17-27(26)33(19-20(2)3)23-12-8-7-9-13-23/h10-11,14-18,20,23H,6-9,12-13,19H2,1-5H3,(H,34,35)(H,30,31,32). The van der Waals surface area contributed by atoms with Crippen LogP contribution in [0, 0.1) is 5.92 Å². The van der Waals surface area contributed by atoms with Crippen LogP contribution < -0.4 is 10.2 Å². The molecule has 6 heteroatoms. The minimum absolute atomic E-state index is 0.302. The van der Waals surface area contributed by atoms with E-state index < -0.39 is 5.97 Å². The second kappa shape index (κ2) is 12.5. The molecule has 6 nitrogen and oxygen atoms in total. The number of carboxylic acid groups (broad SMARTS) is 1. The van der Waals surface area contributed by atoms with Gasteiger partial charge in [-0.2, -0.15) is 0 Å². The van der Waals surface area contributed by atoms with E-state index in [2.05, 4.69) is 59.2 Å². The first-order chi connectivity index (χ1) is 16.8. The molecule has 0 atom stereocenters. The number of aliphatic imine (C=N–C) groups is 2. The fourth-order valence-electron chi connectivity index (χ4n) is 4.80. The number of hydrogen-bond donors (Lipinski definition) is 2. The molecule has 1 aliphatic carbocycles. The maximum Gasteiger partial charge on any atom is 0.336 e. The van der Waals surface area contributed by atoms with Crippen molar-refractivity contribution in [2.24, 2.45) is 15.9 Å². The maximum atomic E-state index is 11.9. The van der Waals surface area contributed by atoms with Gasteiger partial charge in [0.15, 0.2) is 0 Å². The first-order valence-corrected chi connectivity index (χ1v) is 12.8. The van der Waals surface area contributed by atoms with Gasteiger partial charge in [0, 0.05) is 26.1 Å². The van der Waals surface area contributed by atoms with E-state index in [0.717, 1.165) is 41.6 Å². The van der Waals surface area contributed by atoms with E-state index in [1.165, 1.54) is 32.1 Å². The fourth-order valence-corrected chi connectivity index (χ4v) is 4.80. The van der Waals surface area contributed by atoms with Crippen LogP contribution >= 0.6 is 0 Å². The van der Waals surface area contributed by atoms with Crippen LogP contribution in [0.25, 0.3) is 11.1 Å². The number of anilines is 2. The van der Waals surface area contributed by atoms with Gasteiger partial charge in [0.25, 0.3) is 0 Å². The van der Waals surface area contributed by atoms with Crippen LogP contribution in [0.4, 0.5) is 11.4 Å². The van der Waals surface area contributed by atoms with Gasteiger partial charge in [-0.05, 0) is 55.0 Å². The van der Waals surface area contributed by atoms with Crippen LogP contribution in [-0.4, -0.2) is 42.4 Å². The molecule has 1 aliphatic rings. The summed E-state index contributed by atoms with van der Waals surface area (Å²) in [5, 5.41) is 13.4. The quantitative estimate of drug-likeness (QED) is 0.314. The summed E-state index contributed by atoms with van der Waals surface area (Å²) in [6.45, 7) is 9.47. The summed E-state index contributed by atoms with van der Waals surface area (Å²) in [5.74, 6) is 1.15. The Balaban J connectivity index is 2.15. The van der Waals surface area contributed by atoms with E-state index in [4.69, 9.17) is 0 Å². The number of rotatable bonds is 8. The van der Waals surface area contributed by atoms with Gasteiger partial charge in [0.1, 0.15) is 11.7 Å². The Labute approximate surface area is 210 Å². The van der Waals surface area contributed by atoms with Crippen molar-refractivity contribution < 1.29 is 9.90 Å². The SMILES string of the molecule is CC/C(=N\C(C)=N/C)Nc1cc(-c2ccccc2C(=O)O)ccc1N(CC(C)C)C1CCCCC1. The molecule has 2 N–H and O–H groups in total. The molecule has 0 amide bonds. The van der Waals surface area contributed by atoms with Gasteiger partial charge in [-0.3, -0.25) is 4.99 Å². The van der Waals surface area contributed by atoms with Crippen molar-refractivity contribution in [1.29, 1.82) is 0 Å². The van der Waals surface area contributed by atoms with E-state index in [1.807, 2.05) is 19.1 Å². The van der Waals surface area contributed by atoms with Crippen molar-refractivity contribution in [3.63, 3.8) is 0 Å². The molecule has 1 saturated carbocycles. The number of carboxylic acids is 1. The minimum Gasteiger partial charge on any atom is -0.478 e. The highest BCUT2D eigenvalue weighted by Crippen LogP contribution is 2.37. The predicted octanol–water partition coefficient (Wildman–Crippen LogP) is 7.12. The summed E-state index contributed by atoms with van der Waals surface area (Å²) in [6.07, 6.45) is 6.97. The molecular weight excluding hydrogens is 436 g/mol. The largest absolute Gasteiger partial charge is 0.478 e. The number of carbonyl (C=O) groups is 1. The number of hydrogen-bond acceptors (Lipinski definition) is 3. The average molecular weight is 477 g/mol. The molecule has 0 spiro atoms. The van der Waals surface area contributed by atoms with Crippen molar-refractivity contribution in [3.05, 3.63) is 48.0 Å². The van der Waals surface area contributed by atoms with E-state index in [-0.39, 0.29) is 0 Å². The lowest BCUT2D eigenvalue weighted by Crippen LogP contribution is -2.40. The van der Waals surface area contributed by atoms with Crippen LogP contribution in [0.3, 0.4) is 0 Å². The molecule has 0 radical (unpaired) electrons. The zero-order chi connectivity index (χ0) is 25.4. The lowest BCUT2D eigenvalue weighted by Gasteiger charge is -2.38. The third kappa shape index (κ3) is 6.93. The van der Waals surface area contributed by atoms with Crippen LogP contribution in [0.1, 0.15) is 76.6 Å². The first kappa shape index (κ1) is 26.5. The molecule has 188 valence electrons. The number of amidine groups is 2. The van der Waals surface area contributed by atoms with E-state index in [1.54, 1.807) is 19.2 Å². The summed E-state index contributed by atoms with van der Waals surface area (Å²) in [7, 11) is 1.74. The summed E-state index contributed by atoms with van der Waals surface area (Å²) in [4.78, 5) is 23.3. The summed E-state index contributed by atoms with van der Waals surface area (Å²) in [6, 6.07) is 14.0. The molecule has 0 heterocycles. The van der Waals surface area contributed by atoms with Gasteiger partial charge in [0.2, 0.25) is 0 Å². The molecular formula is C29H40N4O2. The van der Waals surface area contributed by atoms with E-state index >= 15 is 0 Å². The molecule has 2 aromatic carbocycles. The Morgan fingerprint density at radius 2 is 1.86 bits per heavy atom. The molecule has 0 bridgehead atoms. The second-order valence-corrected chi connectivity index (χ2v) is 9.73. The Morgan fingerprint density at radius 1 is 1.14 bits per heavy atom. The van der Waals surface area contributed by atoms with Crippen LogP contribution in [0.2, 0.25) is 0 Å². The molecule has 0 saturated heterocycles. The summed E-state index contributed by atoms with van der Waals surface area (Å²) < 4.78 is 0. The topological polar surface area (TPSA) is 77.3 Å². The third-order valence-electron chi connectivity index (χ3n) is 6.59. The molecule has 2 aromatic rings. The summed E-state index contributed by atoms with van der Waals surface area (Å²) >= 11 is 0. The molecule has 35 heavy (non-hydrogen) atoms. The zero-order valence-electron chi connectivity index (χ0n) is 21.8. The number of benzene rings is 2. The highest BCUT2D eigenvalue weighted by molar-refractivity contribution is 6.05. The Bertz CT molecular complexity index is 1070. The third-order valence-corrected chi connectivity index (χ3v) is 6.59. The lowest BCUT2D eigenvalue weighted by molar-refractivity contribution is 0.0697. The van der Waals surface area contributed by atoms with Gasteiger partial charge in [0.05, 0.1) is 16.9 Å². The van der Waals surface area contributed by atoms with Crippen LogP contribution in [0.5, 0.6) is 0 Å². The fraction of sp³-hybridized carbons (Fsp3) is 0.483. The lowest BCUT2D eigenvalue weighted by atomic mass is 9.92. The van der Waals surface area contributed by atoms with Gasteiger partial charge in [-0.25, -0.2) is 9.79 Å². The van der Waals surface area contributed by atoms with Crippen molar-refractivity contribution in [3.8, 4) is 11.1 Å². The highest BCUT2D eigenvalue weighted by atomic mass is 16.4. The molecule has 0 unspecified atom stereocenters. The van der Waals surface area contributed by atoms with E-state index in [9.17, 15) is 9.90 Å². The van der Waals surface area contributed by atoms with Crippen molar-refractivity contribution in [2.45, 2.75) is 72.3 Å². The maximum absolute atomic E-state index is 11.9. The van der Waals surface area contributed by atoms with Crippen molar-refractivity contribution in [2.75, 3.05) is 23.8 Å². The Morgan fingerprint density at radius 3 is 2.49 bits per heavy atom. The molecule has 0 aliphatic heterocycles. The van der Waals surface area contributed by atoms with Gasteiger partial charge < -0.3 is 15.3 Å². The minimum atomic E-state index is -0.923. The van der Waals surface area contributed by atoms with Crippen LogP contribution in [0.15, 0.2) is 52.4 Å². The first-order valence-electron chi connectivity index (χ1n) is 12.8. The number of aromatic carboxylic acids is 1. The second-order valence-electron chi connectivity index (χ2n) is 9.73. The zero-order valence-corrected chi connectivity index (χ0v) is 21.8. The number of nitrogens with one attached hydrogen (secondary N) is 1. The molecule has 0 aromatic heterocycles. The monoisotopic (exact) mass is 476 g/mol. The highest BCUT2D eigenvalue weighted by Gasteiger charge is 2.25. The average Bonchev–Trinajstić information content (AvgIpc) is 2.87. The van der Waals surface area contributed by atoms with Gasteiger partial charge >= 0.3 is 5.97 Å². The number of nitrogens with zero attached hydrogens (tertiary/aromatic N) is 3. The Kier molecular flexibility index (Phi) is 9.47. The van der Waals surface area contributed by atoms with Crippen molar-refractivity contribution >= 4 is 29.0 Å². The van der Waals surface area contributed by atoms with Crippen LogP contribution in [-0.2, 0) is 0 Å². The van der Waals surface area contributed by atoms with Gasteiger partial charge in [-0.15, -0.1) is 0 Å². The van der Waals surface area contributed by atoms with Crippen molar-refractivity contribution in [1.82, 2.24) is 0 Å². The molecule has 1 fully saturated rings. The summed E-state index contributed by atoms with van der Waals surface area (Å²) in [5.41, 5.74) is 3.99. The predicted molar refractivity (Wildman–Crippen MR) is 148 cm³/mol. The van der Waals surface area contributed by atoms with Gasteiger partial charge in [-0.1, -0.05) is 64.3 Å². The smallest absolute Gasteiger partial charge is 0.336 e. The normalized spacial score (nSPS) is 15.4. The molecule has 3 rings (SSSR count). The van der Waals surface area contributed by atoms with E-state index in [0.29, 0.717) is 23.1 Å². The Hall–Kier alpha value is -3.15.